The van der Waals surface area contributed by atoms with Crippen LogP contribution in [-0.2, 0) is 17.1 Å². The molecule has 0 amide bonds. The standard InChI is InChI=1S/C18H15Cl4N3O3/c19-12-1-3-14(15(21)7-12)18(26,9-25-11-23-10-24-25)28-6-5-27-17-4-2-13(20)8-16(17)22/h1-4,7-8,10-11,26H,5-6,9H2. The molecule has 10 heteroatoms. The summed E-state index contributed by atoms with van der Waals surface area (Å²) in [7, 11) is 0. The van der Waals surface area contributed by atoms with Crippen molar-refractivity contribution in [2.24, 2.45) is 0 Å². The first kappa shape index (κ1) is 21.2. The van der Waals surface area contributed by atoms with E-state index in [0.717, 1.165) is 0 Å². The van der Waals surface area contributed by atoms with Crippen molar-refractivity contribution in [2.75, 3.05) is 13.2 Å². The van der Waals surface area contributed by atoms with Crippen LogP contribution in [0.25, 0.3) is 0 Å². The molecule has 0 spiro atoms. The van der Waals surface area contributed by atoms with Crippen LogP contribution >= 0.6 is 46.4 Å². The number of aromatic nitrogens is 3. The minimum absolute atomic E-state index is 0.0317. The van der Waals surface area contributed by atoms with E-state index in [1.165, 1.54) is 23.4 Å². The van der Waals surface area contributed by atoms with Gasteiger partial charge in [-0.1, -0.05) is 52.5 Å². The van der Waals surface area contributed by atoms with Crippen molar-refractivity contribution in [2.45, 2.75) is 12.3 Å². The third-order valence-electron chi connectivity index (χ3n) is 3.77. The van der Waals surface area contributed by atoms with Crippen molar-refractivity contribution in [3.8, 4) is 5.75 Å². The van der Waals surface area contributed by atoms with Gasteiger partial charge in [0.05, 0.1) is 16.7 Å². The lowest BCUT2D eigenvalue weighted by Gasteiger charge is -2.29. The molecule has 0 saturated carbocycles. The van der Waals surface area contributed by atoms with Gasteiger partial charge in [-0.05, 0) is 30.3 Å². The Hall–Kier alpha value is -1.54. The summed E-state index contributed by atoms with van der Waals surface area (Å²) >= 11 is 24.2. The number of hydrogen-bond donors (Lipinski definition) is 1. The highest BCUT2D eigenvalue weighted by Crippen LogP contribution is 2.33. The predicted octanol–water partition coefficient (Wildman–Crippen LogP) is 4.83. The van der Waals surface area contributed by atoms with Gasteiger partial charge in [-0.2, -0.15) is 5.10 Å². The van der Waals surface area contributed by atoms with Crippen molar-refractivity contribution in [1.29, 1.82) is 0 Å². The molecule has 0 fully saturated rings. The first-order valence-electron chi connectivity index (χ1n) is 8.09. The summed E-state index contributed by atoms with van der Waals surface area (Å²) in [6.45, 7) is 0.144. The van der Waals surface area contributed by atoms with E-state index in [1.54, 1.807) is 30.3 Å². The quantitative estimate of drug-likeness (QED) is 0.383. The van der Waals surface area contributed by atoms with Gasteiger partial charge in [0.25, 0.3) is 0 Å². The fourth-order valence-electron chi connectivity index (χ4n) is 2.50. The molecule has 0 aliphatic carbocycles. The summed E-state index contributed by atoms with van der Waals surface area (Å²) < 4.78 is 12.8. The molecule has 0 radical (unpaired) electrons. The summed E-state index contributed by atoms with van der Waals surface area (Å²) in [5, 5.41) is 16.8. The van der Waals surface area contributed by atoms with E-state index >= 15 is 0 Å². The lowest BCUT2D eigenvalue weighted by Crippen LogP contribution is -2.36. The Labute approximate surface area is 181 Å². The monoisotopic (exact) mass is 461 g/mol. The van der Waals surface area contributed by atoms with Gasteiger partial charge in [-0.25, -0.2) is 9.67 Å². The van der Waals surface area contributed by atoms with Crippen molar-refractivity contribution in [1.82, 2.24) is 14.8 Å². The number of hydrogen-bond acceptors (Lipinski definition) is 5. The Kier molecular flexibility index (Phi) is 7.04. The Balaban J connectivity index is 1.72. The van der Waals surface area contributed by atoms with Gasteiger partial charge in [-0.15, -0.1) is 0 Å². The lowest BCUT2D eigenvalue weighted by atomic mass is 10.1. The lowest BCUT2D eigenvalue weighted by molar-refractivity contribution is -0.225. The minimum Gasteiger partial charge on any atom is -0.490 e. The first-order valence-corrected chi connectivity index (χ1v) is 9.61. The summed E-state index contributed by atoms with van der Waals surface area (Å²) in [6, 6.07) is 9.63. The number of ether oxygens (including phenoxy) is 2. The summed E-state index contributed by atoms with van der Waals surface area (Å²) in [5.74, 6) is -1.32. The van der Waals surface area contributed by atoms with Gasteiger partial charge >= 0.3 is 0 Å². The molecule has 1 heterocycles. The van der Waals surface area contributed by atoms with Crippen molar-refractivity contribution in [3.05, 3.63) is 74.7 Å². The zero-order chi connectivity index (χ0) is 20.1. The highest BCUT2D eigenvalue weighted by molar-refractivity contribution is 6.35. The predicted molar refractivity (Wildman–Crippen MR) is 108 cm³/mol. The van der Waals surface area contributed by atoms with Gasteiger partial charge in [0, 0.05) is 15.6 Å². The molecule has 1 N–H and O–H groups in total. The fourth-order valence-corrected chi connectivity index (χ4v) is 3.52. The molecule has 1 unspecified atom stereocenters. The van der Waals surface area contributed by atoms with Gasteiger partial charge in [-0.3, -0.25) is 0 Å². The minimum atomic E-state index is -1.78. The van der Waals surface area contributed by atoms with E-state index in [-0.39, 0.29) is 24.8 Å². The Morgan fingerprint density at radius 2 is 1.68 bits per heavy atom. The molecule has 1 atom stereocenters. The van der Waals surface area contributed by atoms with Crippen LogP contribution in [0, 0.1) is 0 Å². The normalized spacial score (nSPS) is 13.3. The average molecular weight is 463 g/mol. The fraction of sp³-hybridized carbons (Fsp3) is 0.222. The van der Waals surface area contributed by atoms with Crippen molar-refractivity contribution < 1.29 is 14.6 Å². The molecule has 1 aromatic heterocycles. The SMILES string of the molecule is OC(Cn1cncn1)(OCCOc1ccc(Cl)cc1Cl)c1ccc(Cl)cc1Cl. The van der Waals surface area contributed by atoms with Crippen LogP contribution in [0.5, 0.6) is 5.75 Å². The van der Waals surface area contributed by atoms with Crippen LogP contribution in [0.2, 0.25) is 20.1 Å². The molecule has 0 aliphatic heterocycles. The van der Waals surface area contributed by atoms with Crippen LogP contribution in [0.4, 0.5) is 0 Å². The number of aliphatic hydroxyl groups is 1. The smallest absolute Gasteiger partial charge is 0.214 e. The zero-order valence-electron chi connectivity index (χ0n) is 14.4. The average Bonchev–Trinajstić information content (AvgIpc) is 3.12. The molecule has 28 heavy (non-hydrogen) atoms. The summed E-state index contributed by atoms with van der Waals surface area (Å²) in [5.41, 5.74) is 0.346. The van der Waals surface area contributed by atoms with E-state index < -0.39 is 5.79 Å². The number of benzene rings is 2. The molecular weight excluding hydrogens is 448 g/mol. The van der Waals surface area contributed by atoms with E-state index in [9.17, 15) is 5.11 Å². The maximum absolute atomic E-state index is 11.2. The number of rotatable bonds is 8. The third kappa shape index (κ3) is 5.29. The second-order valence-electron chi connectivity index (χ2n) is 5.77. The summed E-state index contributed by atoms with van der Waals surface area (Å²) in [4.78, 5) is 3.87. The van der Waals surface area contributed by atoms with Crippen molar-refractivity contribution in [3.63, 3.8) is 0 Å². The van der Waals surface area contributed by atoms with Crippen LogP contribution in [0.15, 0.2) is 49.1 Å². The maximum atomic E-state index is 11.2. The molecule has 0 aliphatic rings. The molecule has 0 saturated heterocycles. The van der Waals surface area contributed by atoms with Gasteiger partial charge in [0.15, 0.2) is 0 Å². The van der Waals surface area contributed by atoms with Gasteiger partial charge < -0.3 is 14.6 Å². The van der Waals surface area contributed by atoms with Crippen LogP contribution in [0.3, 0.4) is 0 Å². The van der Waals surface area contributed by atoms with Gasteiger partial charge in [0.1, 0.15) is 31.6 Å². The van der Waals surface area contributed by atoms with Crippen LogP contribution in [-0.4, -0.2) is 33.1 Å². The number of nitrogens with zero attached hydrogens (tertiary/aromatic N) is 3. The molecule has 3 aromatic rings. The largest absolute Gasteiger partial charge is 0.490 e. The maximum Gasteiger partial charge on any atom is 0.214 e. The molecule has 3 rings (SSSR count). The van der Waals surface area contributed by atoms with Gasteiger partial charge in [0.2, 0.25) is 5.79 Å². The molecular formula is C18H15Cl4N3O3. The second kappa shape index (κ2) is 9.31. The zero-order valence-corrected chi connectivity index (χ0v) is 17.4. The van der Waals surface area contributed by atoms with E-state index in [2.05, 4.69) is 10.1 Å². The molecule has 148 valence electrons. The van der Waals surface area contributed by atoms with Crippen LogP contribution < -0.4 is 4.74 Å². The molecule has 6 nitrogen and oxygen atoms in total. The third-order valence-corrected chi connectivity index (χ3v) is 4.85. The summed E-state index contributed by atoms with van der Waals surface area (Å²) in [6.07, 6.45) is 2.82. The Morgan fingerprint density at radius 1 is 0.964 bits per heavy atom. The topological polar surface area (TPSA) is 69.4 Å². The number of halogens is 4. The highest BCUT2D eigenvalue weighted by atomic mass is 35.5. The van der Waals surface area contributed by atoms with Crippen molar-refractivity contribution >= 4 is 46.4 Å². The first-order chi connectivity index (χ1) is 13.4. The second-order valence-corrected chi connectivity index (χ2v) is 7.46. The Bertz CT molecular complexity index is 940. The van der Waals surface area contributed by atoms with E-state index in [4.69, 9.17) is 55.9 Å². The van der Waals surface area contributed by atoms with E-state index in [1.807, 2.05) is 0 Å². The van der Waals surface area contributed by atoms with Crippen LogP contribution in [0.1, 0.15) is 5.56 Å². The molecule has 0 bridgehead atoms. The highest BCUT2D eigenvalue weighted by Gasteiger charge is 2.34. The van der Waals surface area contributed by atoms with E-state index in [0.29, 0.717) is 26.4 Å². The Morgan fingerprint density at radius 3 is 2.32 bits per heavy atom. The molecule has 2 aromatic carbocycles.